The number of carbonyl (C=O) groups is 2. The van der Waals surface area contributed by atoms with Gasteiger partial charge in [0.15, 0.2) is 0 Å². The molecule has 0 amide bonds. The smallest absolute Gasteiger partial charge is 0.335 e. The Bertz CT molecular complexity index is 929. The molecule has 7 heteroatoms. The highest BCUT2D eigenvalue weighted by atomic mass is 35.5. The lowest BCUT2D eigenvalue weighted by Gasteiger charge is -2.44. The second-order valence-corrected chi connectivity index (χ2v) is 8.88. The maximum atomic E-state index is 11.6. The molecule has 1 N–H and O–H groups in total. The van der Waals surface area contributed by atoms with Crippen LogP contribution in [0.4, 0.5) is 5.69 Å². The van der Waals surface area contributed by atoms with E-state index >= 15 is 0 Å². The number of fused-ring (bicyclic) bond motifs is 1. The summed E-state index contributed by atoms with van der Waals surface area (Å²) in [4.78, 5) is 25.3. The molecule has 1 fully saturated rings. The summed E-state index contributed by atoms with van der Waals surface area (Å²) in [5.41, 5.74) is 1.10. The van der Waals surface area contributed by atoms with E-state index in [9.17, 15) is 14.7 Å². The van der Waals surface area contributed by atoms with Crippen molar-refractivity contribution in [1.29, 1.82) is 0 Å². The first-order valence-corrected chi connectivity index (χ1v) is 11.2. The molecule has 1 saturated carbocycles. The first-order valence-electron chi connectivity index (χ1n) is 10.7. The van der Waals surface area contributed by atoms with Gasteiger partial charge < -0.3 is 19.5 Å². The average molecular weight is 460 g/mol. The van der Waals surface area contributed by atoms with E-state index < -0.39 is 11.4 Å². The number of benzene rings is 1. The van der Waals surface area contributed by atoms with Crippen molar-refractivity contribution in [2.45, 2.75) is 25.9 Å². The molecule has 0 bridgehead atoms. The number of nitrogens with zero attached hydrogens (tertiary/aromatic N) is 1. The van der Waals surface area contributed by atoms with Crippen LogP contribution >= 0.6 is 11.6 Å². The van der Waals surface area contributed by atoms with Crippen molar-refractivity contribution in [1.82, 2.24) is 0 Å². The van der Waals surface area contributed by atoms with Gasteiger partial charge in [0.1, 0.15) is 18.5 Å². The van der Waals surface area contributed by atoms with Crippen LogP contribution in [0.3, 0.4) is 0 Å². The number of carboxylic acids is 1. The summed E-state index contributed by atoms with van der Waals surface area (Å²) < 4.78 is 11.6. The van der Waals surface area contributed by atoms with Crippen LogP contribution in [-0.2, 0) is 9.53 Å². The third-order valence-corrected chi connectivity index (χ3v) is 7.13. The predicted octanol–water partition coefficient (Wildman–Crippen LogP) is 4.69. The molecule has 0 aromatic heterocycles. The molecule has 1 aromatic rings. The SMILES string of the molecule is C=CC(=C)[C@]1(CCl)COc2ccc(C(=O)O)cc2N(CC2CCC2[C@H](C=C)OC(C)=O)C1. The van der Waals surface area contributed by atoms with Crippen molar-refractivity contribution < 1.29 is 24.2 Å². The Morgan fingerprint density at radius 1 is 1.41 bits per heavy atom. The summed E-state index contributed by atoms with van der Waals surface area (Å²) in [6.45, 7) is 14.7. The van der Waals surface area contributed by atoms with Crippen LogP contribution in [0.25, 0.3) is 0 Å². The standard InChI is InChI=1S/C25H30ClNO5/c1-5-16(3)25(13-26)14-27(12-19-7-9-20(19)22(6-2)32-17(4)28)21-11-18(24(29)30)8-10-23(21)31-15-25/h5-6,8,10-11,19-20,22H,1-3,7,9,12-15H2,4H3,(H,29,30)/t19?,20?,22-,25-/m0/s1. The minimum atomic E-state index is -1.00. The van der Waals surface area contributed by atoms with Gasteiger partial charge in [0.25, 0.3) is 0 Å². The number of aromatic carboxylic acids is 1. The summed E-state index contributed by atoms with van der Waals surface area (Å²) in [5, 5.41) is 9.52. The molecule has 1 aliphatic heterocycles. The Balaban J connectivity index is 1.96. The zero-order chi connectivity index (χ0) is 23.5. The fourth-order valence-electron chi connectivity index (χ4n) is 4.51. The van der Waals surface area contributed by atoms with Gasteiger partial charge in [-0.05, 0) is 42.5 Å². The maximum absolute atomic E-state index is 11.6. The Morgan fingerprint density at radius 3 is 2.69 bits per heavy atom. The van der Waals surface area contributed by atoms with E-state index in [-0.39, 0.29) is 35.4 Å². The van der Waals surface area contributed by atoms with E-state index in [0.717, 1.165) is 18.4 Å². The molecule has 0 spiro atoms. The molecular formula is C25H30ClNO5. The van der Waals surface area contributed by atoms with Gasteiger partial charge in [-0.25, -0.2) is 4.79 Å². The number of hydrogen-bond acceptors (Lipinski definition) is 5. The number of allylic oxidation sites excluding steroid dienone is 1. The second-order valence-electron chi connectivity index (χ2n) is 8.61. The fourth-order valence-corrected chi connectivity index (χ4v) is 4.84. The molecule has 4 atom stereocenters. The molecule has 172 valence electrons. The number of carbonyl (C=O) groups excluding carboxylic acids is 1. The largest absolute Gasteiger partial charge is 0.490 e. The van der Waals surface area contributed by atoms with Crippen LogP contribution in [0, 0.1) is 17.3 Å². The molecule has 6 nitrogen and oxygen atoms in total. The van der Waals surface area contributed by atoms with Crippen molar-refractivity contribution in [2.24, 2.45) is 17.3 Å². The number of rotatable bonds is 9. The molecular weight excluding hydrogens is 430 g/mol. The highest BCUT2D eigenvalue weighted by Gasteiger charge is 2.42. The van der Waals surface area contributed by atoms with Crippen molar-refractivity contribution >= 4 is 29.2 Å². The van der Waals surface area contributed by atoms with Crippen molar-refractivity contribution in [3.8, 4) is 5.75 Å². The van der Waals surface area contributed by atoms with Gasteiger partial charge in [0, 0.05) is 31.8 Å². The molecule has 32 heavy (non-hydrogen) atoms. The van der Waals surface area contributed by atoms with Crippen molar-refractivity contribution in [3.05, 3.63) is 61.2 Å². The highest BCUT2D eigenvalue weighted by Crippen LogP contribution is 2.44. The third kappa shape index (κ3) is 4.70. The number of esters is 1. The molecule has 0 radical (unpaired) electrons. The Morgan fingerprint density at radius 2 is 2.16 bits per heavy atom. The van der Waals surface area contributed by atoms with Crippen LogP contribution in [0.15, 0.2) is 55.7 Å². The zero-order valence-electron chi connectivity index (χ0n) is 18.4. The lowest BCUT2D eigenvalue weighted by molar-refractivity contribution is -0.149. The van der Waals surface area contributed by atoms with Crippen LogP contribution < -0.4 is 9.64 Å². The van der Waals surface area contributed by atoms with Crippen LogP contribution in [0.1, 0.15) is 30.1 Å². The highest BCUT2D eigenvalue weighted by molar-refractivity contribution is 6.18. The van der Waals surface area contributed by atoms with Crippen LogP contribution in [0.2, 0.25) is 0 Å². The summed E-state index contributed by atoms with van der Waals surface area (Å²) in [6.07, 6.45) is 4.94. The van der Waals surface area contributed by atoms with E-state index in [2.05, 4.69) is 24.6 Å². The lowest BCUT2D eigenvalue weighted by atomic mass is 9.70. The number of carboxylic acid groups (broad SMARTS) is 1. The van der Waals surface area contributed by atoms with Gasteiger partial charge in [0.2, 0.25) is 0 Å². The van der Waals surface area contributed by atoms with Gasteiger partial charge in [-0.3, -0.25) is 4.79 Å². The Hall–Kier alpha value is -2.73. The number of halogens is 1. The third-order valence-electron chi connectivity index (χ3n) is 6.61. The quantitative estimate of drug-likeness (QED) is 0.250. The topological polar surface area (TPSA) is 76.1 Å². The van der Waals surface area contributed by atoms with E-state index in [0.29, 0.717) is 31.1 Å². The van der Waals surface area contributed by atoms with E-state index in [1.807, 2.05) is 0 Å². The van der Waals surface area contributed by atoms with Gasteiger partial charge in [-0.1, -0.05) is 31.9 Å². The number of anilines is 1. The molecule has 2 unspecified atom stereocenters. The Kier molecular flexibility index (Phi) is 7.34. The number of alkyl halides is 1. The van der Waals surface area contributed by atoms with Crippen LogP contribution in [0.5, 0.6) is 5.75 Å². The fraction of sp³-hybridized carbons (Fsp3) is 0.440. The van der Waals surface area contributed by atoms with E-state index in [1.54, 1.807) is 24.3 Å². The summed E-state index contributed by atoms with van der Waals surface area (Å²) in [7, 11) is 0. The van der Waals surface area contributed by atoms with E-state index in [1.165, 1.54) is 13.0 Å². The van der Waals surface area contributed by atoms with E-state index in [4.69, 9.17) is 21.1 Å². The Labute approximate surface area is 194 Å². The molecule has 1 heterocycles. The van der Waals surface area contributed by atoms with Crippen LogP contribution in [-0.4, -0.2) is 48.7 Å². The minimum Gasteiger partial charge on any atom is -0.490 e. The van der Waals surface area contributed by atoms with Gasteiger partial charge in [-0.2, -0.15) is 0 Å². The molecule has 0 saturated heterocycles. The van der Waals surface area contributed by atoms with Gasteiger partial charge in [0.05, 0.1) is 16.7 Å². The van der Waals surface area contributed by atoms with Gasteiger partial charge in [-0.15, -0.1) is 11.6 Å². The predicted molar refractivity (Wildman–Crippen MR) is 126 cm³/mol. The molecule has 2 aliphatic rings. The normalized spacial score (nSPS) is 25.2. The first-order chi connectivity index (χ1) is 15.2. The second kappa shape index (κ2) is 9.82. The summed E-state index contributed by atoms with van der Waals surface area (Å²) in [6, 6.07) is 4.87. The van der Waals surface area contributed by atoms with Crippen molar-refractivity contribution in [3.63, 3.8) is 0 Å². The molecule has 1 aromatic carbocycles. The summed E-state index contributed by atoms with van der Waals surface area (Å²) >= 11 is 6.44. The minimum absolute atomic E-state index is 0.152. The zero-order valence-corrected chi connectivity index (χ0v) is 19.1. The average Bonchev–Trinajstić information content (AvgIpc) is 2.92. The van der Waals surface area contributed by atoms with Gasteiger partial charge >= 0.3 is 11.9 Å². The maximum Gasteiger partial charge on any atom is 0.335 e. The number of ether oxygens (including phenoxy) is 2. The molecule has 1 aliphatic carbocycles. The monoisotopic (exact) mass is 459 g/mol. The lowest BCUT2D eigenvalue weighted by Crippen LogP contribution is -2.48. The number of hydrogen-bond donors (Lipinski definition) is 1. The first kappa shape index (κ1) is 23.9. The van der Waals surface area contributed by atoms with Crippen molar-refractivity contribution in [2.75, 3.05) is 30.5 Å². The molecule has 3 rings (SSSR count). The summed E-state index contributed by atoms with van der Waals surface area (Å²) in [5.74, 6) is -0.0513.